The molecule has 0 atom stereocenters. The molecule has 0 radical (unpaired) electrons. The second-order valence-electron chi connectivity index (χ2n) is 5.39. The van der Waals surface area contributed by atoms with E-state index in [0.717, 1.165) is 44.0 Å². The predicted octanol–water partition coefficient (Wildman–Crippen LogP) is 4.62. The van der Waals surface area contributed by atoms with Crippen LogP contribution >= 0.6 is 15.9 Å². The molecule has 0 aliphatic rings. The number of fused-ring (bicyclic) bond motifs is 1. The molecule has 0 N–H and O–H groups in total. The van der Waals surface area contributed by atoms with E-state index in [0.29, 0.717) is 0 Å². The normalized spacial score (nSPS) is 11.3. The van der Waals surface area contributed by atoms with Gasteiger partial charge in [-0.3, -0.25) is 0 Å². The fraction of sp³-hybridized carbons (Fsp3) is 0.312. The highest BCUT2D eigenvalue weighted by molar-refractivity contribution is 9.10. The first kappa shape index (κ1) is 14.2. The zero-order valence-corrected chi connectivity index (χ0v) is 14.4. The van der Waals surface area contributed by atoms with Crippen LogP contribution in [-0.2, 0) is 7.05 Å². The summed E-state index contributed by atoms with van der Waals surface area (Å²) in [7, 11) is 4.09. The van der Waals surface area contributed by atoms with Crippen LogP contribution in [0.4, 0.5) is 11.4 Å². The van der Waals surface area contributed by atoms with Gasteiger partial charge in [0.15, 0.2) is 0 Å². The summed E-state index contributed by atoms with van der Waals surface area (Å²) in [4.78, 5) is 6.86. The van der Waals surface area contributed by atoms with Crippen molar-refractivity contribution in [2.75, 3.05) is 11.9 Å². The monoisotopic (exact) mass is 347 g/mol. The average molecular weight is 348 g/mol. The van der Waals surface area contributed by atoms with Crippen LogP contribution in [0.3, 0.4) is 0 Å². The topological polar surface area (TPSA) is 34.2 Å². The lowest BCUT2D eigenvalue weighted by atomic mass is 10.2. The maximum atomic E-state index is 5.53. The van der Waals surface area contributed by atoms with Gasteiger partial charge >= 0.3 is 0 Å². The third kappa shape index (κ3) is 2.16. The van der Waals surface area contributed by atoms with E-state index in [1.165, 1.54) is 0 Å². The summed E-state index contributed by atoms with van der Waals surface area (Å²) in [6, 6.07) is 4.20. The van der Waals surface area contributed by atoms with E-state index in [1.807, 2.05) is 20.9 Å². The Labute approximate surface area is 132 Å². The van der Waals surface area contributed by atoms with Gasteiger partial charge in [0.2, 0.25) is 0 Å². The van der Waals surface area contributed by atoms with Crippen LogP contribution in [0.15, 0.2) is 27.3 Å². The van der Waals surface area contributed by atoms with Crippen molar-refractivity contribution in [2.24, 2.45) is 7.05 Å². The van der Waals surface area contributed by atoms with Crippen molar-refractivity contribution in [3.8, 4) is 0 Å². The van der Waals surface area contributed by atoms with Crippen molar-refractivity contribution in [1.29, 1.82) is 0 Å². The van der Waals surface area contributed by atoms with Crippen molar-refractivity contribution in [3.63, 3.8) is 0 Å². The van der Waals surface area contributed by atoms with Crippen molar-refractivity contribution in [2.45, 2.75) is 20.8 Å². The number of hydrogen-bond donors (Lipinski definition) is 0. The molecule has 5 heteroatoms. The van der Waals surface area contributed by atoms with Gasteiger partial charge in [-0.1, -0.05) is 15.9 Å². The molecule has 21 heavy (non-hydrogen) atoms. The summed E-state index contributed by atoms with van der Waals surface area (Å²) in [6.07, 6.45) is 1.79. The third-order valence-electron chi connectivity index (χ3n) is 3.97. The molecule has 2 aromatic heterocycles. The molecule has 0 aliphatic carbocycles. The second-order valence-corrected chi connectivity index (χ2v) is 6.31. The molecule has 110 valence electrons. The van der Waals surface area contributed by atoms with E-state index >= 15 is 0 Å². The van der Waals surface area contributed by atoms with Crippen LogP contribution in [0.1, 0.15) is 17.1 Å². The number of imidazole rings is 1. The van der Waals surface area contributed by atoms with Crippen LogP contribution in [0.2, 0.25) is 0 Å². The van der Waals surface area contributed by atoms with Crippen LogP contribution in [0, 0.1) is 20.8 Å². The van der Waals surface area contributed by atoms with Crippen molar-refractivity contribution >= 4 is 38.3 Å². The molecule has 0 spiro atoms. The van der Waals surface area contributed by atoms with Gasteiger partial charge in [-0.2, -0.15) is 0 Å². The molecule has 0 unspecified atom stereocenters. The highest BCUT2D eigenvalue weighted by Gasteiger charge is 2.18. The van der Waals surface area contributed by atoms with Gasteiger partial charge in [-0.15, -0.1) is 0 Å². The molecular formula is C16H18BrN3O. The Bertz CT molecular complexity index is 812. The van der Waals surface area contributed by atoms with E-state index in [1.54, 1.807) is 6.26 Å². The molecule has 4 nitrogen and oxygen atoms in total. The lowest BCUT2D eigenvalue weighted by Crippen LogP contribution is -2.11. The summed E-state index contributed by atoms with van der Waals surface area (Å²) in [5.74, 6) is 1.91. The minimum absolute atomic E-state index is 0.913. The molecule has 2 heterocycles. The van der Waals surface area contributed by atoms with Crippen LogP contribution in [-0.4, -0.2) is 16.6 Å². The second kappa shape index (κ2) is 4.91. The Kier molecular flexibility index (Phi) is 3.32. The molecule has 1 aromatic carbocycles. The first-order valence-corrected chi connectivity index (χ1v) is 7.60. The fourth-order valence-electron chi connectivity index (χ4n) is 2.80. The predicted molar refractivity (Wildman–Crippen MR) is 89.4 cm³/mol. The summed E-state index contributed by atoms with van der Waals surface area (Å²) < 4.78 is 8.67. The summed E-state index contributed by atoms with van der Waals surface area (Å²) in [5, 5.41) is 0. The maximum Gasteiger partial charge on any atom is 0.124 e. The number of benzene rings is 1. The van der Waals surface area contributed by atoms with Gasteiger partial charge in [0.05, 0.1) is 23.2 Å². The molecule has 0 bridgehead atoms. The first-order valence-electron chi connectivity index (χ1n) is 6.81. The van der Waals surface area contributed by atoms with Crippen LogP contribution < -0.4 is 4.90 Å². The van der Waals surface area contributed by atoms with Crippen molar-refractivity contribution < 1.29 is 4.42 Å². The van der Waals surface area contributed by atoms with Crippen molar-refractivity contribution in [3.05, 3.63) is 40.0 Å². The molecule has 0 aliphatic heterocycles. The molecule has 0 saturated carbocycles. The molecular weight excluding hydrogens is 330 g/mol. The molecule has 0 saturated heterocycles. The van der Waals surface area contributed by atoms with Gasteiger partial charge in [0, 0.05) is 24.1 Å². The Balaban J connectivity index is 2.27. The standard InChI is InChI=1S/C16H18BrN3O/c1-9-8-21-10(2)16(9)20(5)14-7-12(17)6-13-15(14)18-11(3)19(13)4/h6-8H,1-5H3. The minimum Gasteiger partial charge on any atom is -0.467 e. The van der Waals surface area contributed by atoms with Gasteiger partial charge in [0.25, 0.3) is 0 Å². The van der Waals surface area contributed by atoms with Crippen LogP contribution in [0.5, 0.6) is 0 Å². The average Bonchev–Trinajstić information content (AvgIpc) is 2.90. The zero-order chi connectivity index (χ0) is 15.3. The van der Waals surface area contributed by atoms with E-state index in [-0.39, 0.29) is 0 Å². The van der Waals surface area contributed by atoms with E-state index < -0.39 is 0 Å². The Morgan fingerprint density at radius 3 is 2.57 bits per heavy atom. The highest BCUT2D eigenvalue weighted by Crippen LogP contribution is 2.37. The van der Waals surface area contributed by atoms with Gasteiger partial charge in [0.1, 0.15) is 17.1 Å². The molecule has 3 rings (SSSR count). The Hall–Kier alpha value is -1.75. The number of rotatable bonds is 2. The minimum atomic E-state index is 0.913. The van der Waals surface area contributed by atoms with Crippen molar-refractivity contribution in [1.82, 2.24) is 9.55 Å². The van der Waals surface area contributed by atoms with Gasteiger partial charge in [-0.05, 0) is 32.9 Å². The van der Waals surface area contributed by atoms with Gasteiger partial charge in [-0.25, -0.2) is 4.98 Å². The Morgan fingerprint density at radius 2 is 1.95 bits per heavy atom. The molecule has 0 amide bonds. The summed E-state index contributed by atoms with van der Waals surface area (Å²) in [5.41, 5.74) is 5.40. The number of nitrogens with zero attached hydrogens (tertiary/aromatic N) is 3. The number of hydrogen-bond acceptors (Lipinski definition) is 3. The number of furan rings is 1. The van der Waals surface area contributed by atoms with Gasteiger partial charge < -0.3 is 13.9 Å². The SMILES string of the molecule is Cc1coc(C)c1N(C)c1cc(Br)cc2c1nc(C)n2C. The zero-order valence-electron chi connectivity index (χ0n) is 12.9. The van der Waals surface area contributed by atoms with E-state index in [2.05, 4.69) is 51.5 Å². The van der Waals surface area contributed by atoms with Crippen LogP contribution in [0.25, 0.3) is 11.0 Å². The largest absolute Gasteiger partial charge is 0.467 e. The fourth-order valence-corrected chi connectivity index (χ4v) is 3.23. The number of anilines is 2. The molecule has 3 aromatic rings. The lowest BCUT2D eigenvalue weighted by molar-refractivity contribution is 0.533. The molecule has 0 fully saturated rings. The third-order valence-corrected chi connectivity index (χ3v) is 4.43. The number of halogens is 1. The van der Waals surface area contributed by atoms with E-state index in [4.69, 9.17) is 9.40 Å². The quantitative estimate of drug-likeness (QED) is 0.678. The number of aryl methyl sites for hydroxylation is 4. The first-order chi connectivity index (χ1) is 9.90. The Morgan fingerprint density at radius 1 is 1.24 bits per heavy atom. The lowest BCUT2D eigenvalue weighted by Gasteiger charge is -2.20. The maximum absolute atomic E-state index is 5.53. The smallest absolute Gasteiger partial charge is 0.124 e. The number of aromatic nitrogens is 2. The summed E-state index contributed by atoms with van der Waals surface area (Å²) >= 11 is 3.60. The highest BCUT2D eigenvalue weighted by atomic mass is 79.9. The van der Waals surface area contributed by atoms with E-state index in [9.17, 15) is 0 Å². The summed E-state index contributed by atoms with van der Waals surface area (Å²) in [6.45, 7) is 6.06.